The van der Waals surface area contributed by atoms with Gasteiger partial charge in [-0.1, -0.05) is 0 Å². The minimum atomic E-state index is -0.991. The molecule has 0 aromatic carbocycles. The molecule has 0 radical (unpaired) electrons. The first-order valence-electron chi connectivity index (χ1n) is 5.20. The highest BCUT2D eigenvalue weighted by molar-refractivity contribution is 5.64. The molecule has 16 heavy (non-hydrogen) atoms. The fourth-order valence-corrected chi connectivity index (χ4v) is 2.08. The molecule has 7 heteroatoms. The van der Waals surface area contributed by atoms with E-state index in [4.69, 9.17) is 9.52 Å². The molecule has 0 unspecified atom stereocenters. The lowest BCUT2D eigenvalue weighted by Crippen LogP contribution is -2.36. The zero-order valence-corrected chi connectivity index (χ0v) is 8.60. The number of aromatic nitrogens is 2. The second-order valence-electron chi connectivity index (χ2n) is 3.95. The third-order valence-corrected chi connectivity index (χ3v) is 2.86. The maximum Gasteiger partial charge on any atom is 0.434 e. The first-order chi connectivity index (χ1) is 7.65. The number of hydrogen-bond acceptors (Lipinski definition) is 4. The molecule has 1 saturated carbocycles. The third-order valence-electron chi connectivity index (χ3n) is 2.86. The molecule has 0 atom stereocenters. The maximum absolute atomic E-state index is 10.8. The summed E-state index contributed by atoms with van der Waals surface area (Å²) in [4.78, 5) is 21.2. The lowest BCUT2D eigenvalue weighted by Gasteiger charge is -2.25. The summed E-state index contributed by atoms with van der Waals surface area (Å²) in [6.07, 6.45) is 2.05. The molecular weight excluding hydrogens is 214 g/mol. The second-order valence-corrected chi connectivity index (χ2v) is 3.95. The van der Waals surface area contributed by atoms with E-state index in [1.54, 1.807) is 0 Å². The van der Waals surface area contributed by atoms with Crippen molar-refractivity contribution in [2.45, 2.75) is 37.6 Å². The Morgan fingerprint density at radius 1 is 1.44 bits per heavy atom. The van der Waals surface area contributed by atoms with Crippen molar-refractivity contribution in [3.8, 4) is 0 Å². The van der Waals surface area contributed by atoms with Gasteiger partial charge >= 0.3 is 11.8 Å². The van der Waals surface area contributed by atoms with Crippen LogP contribution in [0.25, 0.3) is 0 Å². The first-order valence-corrected chi connectivity index (χ1v) is 5.20. The van der Waals surface area contributed by atoms with Crippen LogP contribution in [0.15, 0.2) is 9.21 Å². The van der Waals surface area contributed by atoms with Crippen molar-refractivity contribution in [3.63, 3.8) is 0 Å². The molecule has 3 N–H and O–H groups in total. The van der Waals surface area contributed by atoms with Crippen molar-refractivity contribution in [2.24, 2.45) is 0 Å². The highest BCUT2D eigenvalue weighted by Gasteiger charge is 2.26. The summed E-state index contributed by atoms with van der Waals surface area (Å²) in [5.41, 5.74) is 0. The van der Waals surface area contributed by atoms with Crippen molar-refractivity contribution >= 4 is 6.09 Å². The van der Waals surface area contributed by atoms with Gasteiger partial charge in [0.05, 0.1) is 0 Å². The van der Waals surface area contributed by atoms with Gasteiger partial charge in [-0.15, -0.1) is 5.10 Å². The van der Waals surface area contributed by atoms with Gasteiger partial charge in [-0.05, 0) is 25.7 Å². The molecular formula is C9H13N3O4. The summed E-state index contributed by atoms with van der Waals surface area (Å²) in [7, 11) is 0. The summed E-state index contributed by atoms with van der Waals surface area (Å²) in [6.45, 7) is 0. The van der Waals surface area contributed by atoms with E-state index in [1.807, 2.05) is 0 Å². The van der Waals surface area contributed by atoms with Crippen LogP contribution in [0.2, 0.25) is 0 Å². The van der Waals surface area contributed by atoms with Crippen LogP contribution in [0.1, 0.15) is 37.5 Å². The van der Waals surface area contributed by atoms with E-state index in [1.165, 1.54) is 0 Å². The van der Waals surface area contributed by atoms with Crippen LogP contribution in [-0.2, 0) is 0 Å². The maximum atomic E-state index is 10.8. The predicted molar refractivity (Wildman–Crippen MR) is 53.3 cm³/mol. The lowest BCUT2D eigenvalue weighted by atomic mass is 9.86. The number of carbonyl (C=O) groups is 1. The monoisotopic (exact) mass is 227 g/mol. The summed E-state index contributed by atoms with van der Waals surface area (Å²) < 4.78 is 4.88. The number of H-pyrrole nitrogens is 1. The fraction of sp³-hybridized carbons (Fsp3) is 0.667. The molecule has 0 aliphatic heterocycles. The molecule has 0 spiro atoms. The first kappa shape index (κ1) is 10.7. The molecule has 88 valence electrons. The molecule has 1 aromatic heterocycles. The Bertz CT molecular complexity index is 416. The van der Waals surface area contributed by atoms with E-state index in [-0.39, 0.29) is 12.0 Å². The number of nitrogens with one attached hydrogen (secondary N) is 2. The predicted octanol–water partition coefficient (Wildman–Crippen LogP) is 0.657. The van der Waals surface area contributed by atoms with Gasteiger partial charge in [-0.3, -0.25) is 0 Å². The minimum absolute atomic E-state index is 0.000543. The summed E-state index contributed by atoms with van der Waals surface area (Å²) >= 11 is 0. The van der Waals surface area contributed by atoms with Crippen molar-refractivity contribution < 1.29 is 14.3 Å². The van der Waals surface area contributed by atoms with Crippen LogP contribution >= 0.6 is 0 Å². The second kappa shape index (κ2) is 4.38. The summed E-state index contributed by atoms with van der Waals surface area (Å²) in [5, 5.41) is 17.0. The van der Waals surface area contributed by atoms with Crippen LogP contribution in [0.5, 0.6) is 0 Å². The Kier molecular flexibility index (Phi) is 2.93. The Balaban J connectivity index is 1.90. The zero-order valence-electron chi connectivity index (χ0n) is 8.60. The van der Waals surface area contributed by atoms with Gasteiger partial charge in [0.15, 0.2) is 0 Å². The van der Waals surface area contributed by atoms with E-state index in [9.17, 15) is 9.59 Å². The topological polar surface area (TPSA) is 108 Å². The van der Waals surface area contributed by atoms with Crippen molar-refractivity contribution in [2.75, 3.05) is 0 Å². The molecule has 0 bridgehead atoms. The Morgan fingerprint density at radius 3 is 2.62 bits per heavy atom. The molecule has 2 rings (SSSR count). The molecule has 1 aliphatic carbocycles. The average molecular weight is 227 g/mol. The number of aromatic amines is 1. The van der Waals surface area contributed by atoms with Gasteiger partial charge in [-0.25, -0.2) is 14.7 Å². The average Bonchev–Trinajstić information content (AvgIpc) is 2.65. The number of amides is 1. The summed E-state index contributed by atoms with van der Waals surface area (Å²) in [5.74, 6) is 0.00496. The minimum Gasteiger partial charge on any atom is -0.465 e. The molecule has 1 aliphatic rings. The molecule has 7 nitrogen and oxygen atoms in total. The largest absolute Gasteiger partial charge is 0.465 e. The normalized spacial score (nSPS) is 25.2. The molecule has 1 amide bonds. The summed E-state index contributed by atoms with van der Waals surface area (Å²) in [6, 6.07) is -0.000543. The van der Waals surface area contributed by atoms with Crippen LogP contribution in [0, 0.1) is 0 Å². The zero-order chi connectivity index (χ0) is 11.5. The van der Waals surface area contributed by atoms with Crippen molar-refractivity contribution in [1.82, 2.24) is 15.5 Å². The van der Waals surface area contributed by atoms with E-state index in [2.05, 4.69) is 15.5 Å². The number of hydrogen-bond donors (Lipinski definition) is 3. The lowest BCUT2D eigenvalue weighted by molar-refractivity contribution is 0.184. The molecule has 1 fully saturated rings. The fourth-order valence-electron chi connectivity index (χ4n) is 2.08. The molecule has 0 saturated heterocycles. The van der Waals surface area contributed by atoms with E-state index in [0.29, 0.717) is 5.89 Å². The molecule has 1 aromatic rings. The van der Waals surface area contributed by atoms with Crippen LogP contribution < -0.4 is 11.1 Å². The third kappa shape index (κ3) is 2.41. The number of carboxylic acid groups (broad SMARTS) is 1. The van der Waals surface area contributed by atoms with Gasteiger partial charge in [0.2, 0.25) is 5.89 Å². The number of rotatable bonds is 2. The van der Waals surface area contributed by atoms with Crippen LogP contribution in [-0.4, -0.2) is 27.4 Å². The SMILES string of the molecule is O=C(O)N[C@H]1CC[C@H](c2n[nH]c(=O)o2)CC1. The quantitative estimate of drug-likeness (QED) is 0.687. The Labute approximate surface area is 90.8 Å². The smallest absolute Gasteiger partial charge is 0.434 e. The Hall–Kier alpha value is -1.79. The van der Waals surface area contributed by atoms with Gasteiger partial charge in [0.25, 0.3) is 0 Å². The van der Waals surface area contributed by atoms with E-state index >= 15 is 0 Å². The van der Waals surface area contributed by atoms with Crippen molar-refractivity contribution in [1.29, 1.82) is 0 Å². The highest BCUT2D eigenvalue weighted by atomic mass is 16.4. The van der Waals surface area contributed by atoms with Gasteiger partial charge < -0.3 is 14.8 Å². The Morgan fingerprint density at radius 2 is 2.12 bits per heavy atom. The van der Waals surface area contributed by atoms with Gasteiger partial charge in [-0.2, -0.15) is 0 Å². The van der Waals surface area contributed by atoms with Gasteiger partial charge in [0, 0.05) is 12.0 Å². The standard InChI is InChI=1S/C9H13N3O4/c13-8(14)10-6-3-1-5(2-4-6)7-11-12-9(15)16-7/h5-6,10H,1-4H2,(H,12,15)(H,13,14)/t5-,6-. The van der Waals surface area contributed by atoms with E-state index in [0.717, 1.165) is 25.7 Å². The van der Waals surface area contributed by atoms with Gasteiger partial charge in [0.1, 0.15) is 0 Å². The van der Waals surface area contributed by atoms with Crippen LogP contribution in [0.3, 0.4) is 0 Å². The number of nitrogens with zero attached hydrogens (tertiary/aromatic N) is 1. The highest BCUT2D eigenvalue weighted by Crippen LogP contribution is 2.31. The van der Waals surface area contributed by atoms with Crippen LogP contribution in [0.4, 0.5) is 4.79 Å². The van der Waals surface area contributed by atoms with Crippen molar-refractivity contribution in [3.05, 3.63) is 16.4 Å². The van der Waals surface area contributed by atoms with E-state index < -0.39 is 11.8 Å². The molecule has 1 heterocycles.